The van der Waals surface area contributed by atoms with Gasteiger partial charge in [0, 0.05) is 24.7 Å². The minimum absolute atomic E-state index is 0.0136. The smallest absolute Gasteiger partial charge is 0.407 e. The molecule has 2 atom stereocenters. The molecule has 10 nitrogen and oxygen atoms in total. The topological polar surface area (TPSA) is 112 Å². The number of carbonyl (C=O) groups is 2. The molecule has 1 fully saturated rings. The Bertz CT molecular complexity index is 1140. The molecule has 1 aromatic carbocycles. The predicted molar refractivity (Wildman–Crippen MR) is 132 cm³/mol. The van der Waals surface area contributed by atoms with Gasteiger partial charge in [-0.3, -0.25) is 9.69 Å². The fourth-order valence-corrected chi connectivity index (χ4v) is 4.29. The Hall–Kier alpha value is -2.95. The van der Waals surface area contributed by atoms with Crippen LogP contribution in [-0.4, -0.2) is 65.3 Å². The monoisotopic (exact) mass is 518 g/mol. The van der Waals surface area contributed by atoms with Crippen molar-refractivity contribution in [3.63, 3.8) is 0 Å². The van der Waals surface area contributed by atoms with Crippen LogP contribution in [0.25, 0.3) is 0 Å². The van der Waals surface area contributed by atoms with Gasteiger partial charge in [-0.25, -0.2) is 14.8 Å². The molecule has 1 unspecified atom stereocenters. The Kier molecular flexibility index (Phi) is 7.40. The Morgan fingerprint density at radius 1 is 1.22 bits per heavy atom. The number of nitrogens with one attached hydrogen (secondary N) is 1. The van der Waals surface area contributed by atoms with E-state index in [1.165, 1.54) is 11.1 Å². The molecule has 4 rings (SSSR count). The van der Waals surface area contributed by atoms with E-state index in [0.717, 1.165) is 17.7 Å². The van der Waals surface area contributed by atoms with Gasteiger partial charge in [-0.1, -0.05) is 0 Å². The number of anilines is 1. The van der Waals surface area contributed by atoms with E-state index in [2.05, 4.69) is 15.3 Å². The van der Waals surface area contributed by atoms with E-state index in [0.29, 0.717) is 18.0 Å². The van der Waals surface area contributed by atoms with Crippen molar-refractivity contribution in [2.45, 2.75) is 64.6 Å². The van der Waals surface area contributed by atoms with Gasteiger partial charge in [0.15, 0.2) is 5.79 Å². The molecule has 3 heterocycles. The van der Waals surface area contributed by atoms with E-state index in [9.17, 15) is 9.59 Å². The van der Waals surface area contributed by atoms with E-state index in [1.807, 2.05) is 6.07 Å². The minimum Gasteiger partial charge on any atom is -0.493 e. The molecule has 2 aromatic rings. The van der Waals surface area contributed by atoms with Crippen molar-refractivity contribution >= 4 is 29.4 Å². The summed E-state index contributed by atoms with van der Waals surface area (Å²) in [5.74, 6) is -0.102. The lowest BCUT2D eigenvalue weighted by molar-refractivity contribution is -0.145. The summed E-state index contributed by atoms with van der Waals surface area (Å²) in [6.07, 6.45) is 0.533. The number of nitrogens with zero attached hydrogens (tertiary/aromatic N) is 3. The predicted octanol–water partition coefficient (Wildman–Crippen LogP) is 3.76. The van der Waals surface area contributed by atoms with Gasteiger partial charge in [0.05, 0.1) is 13.2 Å². The number of fused-ring (bicyclic) bond motifs is 1. The molecule has 2 aliphatic heterocycles. The fourth-order valence-electron chi connectivity index (χ4n) is 4.15. The number of ether oxygens (including phenoxy) is 4. The zero-order valence-electron chi connectivity index (χ0n) is 21.0. The number of benzene rings is 1. The van der Waals surface area contributed by atoms with E-state index in [1.54, 1.807) is 52.8 Å². The Balaban J connectivity index is 1.57. The second-order valence-electron chi connectivity index (χ2n) is 10.1. The Morgan fingerprint density at radius 2 is 1.97 bits per heavy atom. The third kappa shape index (κ3) is 6.43. The normalized spacial score (nSPS) is 20.4. The molecule has 1 saturated heterocycles. The van der Waals surface area contributed by atoms with E-state index in [-0.39, 0.29) is 24.3 Å². The molecule has 194 valence electrons. The van der Waals surface area contributed by atoms with Crippen molar-refractivity contribution in [2.75, 3.05) is 24.6 Å². The largest absolute Gasteiger partial charge is 0.493 e. The molecule has 2 amide bonds. The second-order valence-corrected chi connectivity index (χ2v) is 10.5. The van der Waals surface area contributed by atoms with Gasteiger partial charge in [-0.15, -0.1) is 0 Å². The summed E-state index contributed by atoms with van der Waals surface area (Å²) in [6, 6.07) is 6.96. The number of hydrogen-bond acceptors (Lipinski definition) is 8. The number of hydrogen-bond donors (Lipinski definition) is 1. The zero-order valence-corrected chi connectivity index (χ0v) is 21.8. The first-order chi connectivity index (χ1) is 16.9. The van der Waals surface area contributed by atoms with E-state index in [4.69, 9.17) is 30.5 Å². The number of rotatable bonds is 6. The third-order valence-corrected chi connectivity index (χ3v) is 5.75. The van der Waals surface area contributed by atoms with Crippen molar-refractivity contribution in [3.05, 3.63) is 46.9 Å². The van der Waals surface area contributed by atoms with Crippen LogP contribution in [-0.2, 0) is 20.6 Å². The van der Waals surface area contributed by atoms with E-state index >= 15 is 0 Å². The van der Waals surface area contributed by atoms with Crippen molar-refractivity contribution in [3.8, 4) is 5.75 Å². The first kappa shape index (κ1) is 26.1. The molecular formula is C25H31ClN4O6. The lowest BCUT2D eigenvalue weighted by Gasteiger charge is -2.27. The van der Waals surface area contributed by atoms with Gasteiger partial charge in [-0.2, -0.15) is 0 Å². The maximum atomic E-state index is 13.7. The summed E-state index contributed by atoms with van der Waals surface area (Å²) in [5.41, 5.74) is 0.824. The van der Waals surface area contributed by atoms with Gasteiger partial charge < -0.3 is 24.3 Å². The first-order valence-corrected chi connectivity index (χ1v) is 12.2. The molecule has 0 spiro atoms. The SMILES string of the molecule is CC(C)(C)OC(=O)NC[C@@H]1OC(C)(C)OC1CN(C(=O)c1ccc2c(c1)CCO2)c1ccnc(Cl)n1. The quantitative estimate of drug-likeness (QED) is 0.575. The number of halogens is 1. The van der Waals surface area contributed by atoms with Crippen LogP contribution in [0.2, 0.25) is 5.28 Å². The van der Waals surface area contributed by atoms with Gasteiger partial charge in [0.25, 0.3) is 5.91 Å². The van der Waals surface area contributed by atoms with Crippen LogP contribution in [0, 0.1) is 0 Å². The van der Waals surface area contributed by atoms with Crippen molar-refractivity contribution in [1.82, 2.24) is 15.3 Å². The average molecular weight is 519 g/mol. The summed E-state index contributed by atoms with van der Waals surface area (Å²) in [5, 5.41) is 2.74. The standard InChI is InChI=1S/C25H31ClN4O6/c1-24(2,3)36-23(32)28-13-18-19(35-25(4,5)34-18)14-30(20-8-10-27-22(26)29-20)21(31)16-6-7-17-15(12-16)9-11-33-17/h6-8,10,12,18-19H,9,11,13-14H2,1-5H3,(H,28,32)/t18-,19?/m0/s1. The highest BCUT2D eigenvalue weighted by Gasteiger charge is 2.43. The summed E-state index contributed by atoms with van der Waals surface area (Å²) in [6.45, 7) is 9.74. The Morgan fingerprint density at radius 3 is 2.69 bits per heavy atom. The highest BCUT2D eigenvalue weighted by atomic mass is 35.5. The van der Waals surface area contributed by atoms with Crippen LogP contribution in [0.15, 0.2) is 30.5 Å². The van der Waals surface area contributed by atoms with Crippen molar-refractivity contribution in [2.24, 2.45) is 0 Å². The summed E-state index contributed by atoms with van der Waals surface area (Å²) in [4.78, 5) is 35.6. The lowest BCUT2D eigenvalue weighted by Crippen LogP contribution is -2.46. The average Bonchev–Trinajstić information content (AvgIpc) is 3.37. The highest BCUT2D eigenvalue weighted by molar-refractivity contribution is 6.28. The zero-order chi connectivity index (χ0) is 26.1. The highest BCUT2D eigenvalue weighted by Crippen LogP contribution is 2.31. The number of aromatic nitrogens is 2. The van der Waals surface area contributed by atoms with Crippen LogP contribution in [0.4, 0.5) is 10.6 Å². The second kappa shape index (κ2) is 10.2. The molecule has 2 aliphatic rings. The fraction of sp³-hybridized carbons (Fsp3) is 0.520. The van der Waals surface area contributed by atoms with Gasteiger partial charge in [-0.05, 0) is 76.0 Å². The minimum atomic E-state index is -0.923. The van der Waals surface area contributed by atoms with Crippen molar-refractivity contribution in [1.29, 1.82) is 0 Å². The van der Waals surface area contributed by atoms with Crippen LogP contribution in [0.5, 0.6) is 5.75 Å². The van der Waals surface area contributed by atoms with Gasteiger partial charge >= 0.3 is 6.09 Å². The maximum Gasteiger partial charge on any atom is 0.407 e. The number of alkyl carbamates (subject to hydrolysis) is 1. The molecule has 36 heavy (non-hydrogen) atoms. The Labute approximate surface area is 215 Å². The molecule has 0 saturated carbocycles. The maximum absolute atomic E-state index is 13.7. The molecule has 1 aromatic heterocycles. The molecule has 1 N–H and O–H groups in total. The molecule has 11 heteroatoms. The van der Waals surface area contributed by atoms with Gasteiger partial charge in [0.2, 0.25) is 5.28 Å². The van der Waals surface area contributed by atoms with Crippen LogP contribution in [0.3, 0.4) is 0 Å². The molecule has 0 bridgehead atoms. The summed E-state index contributed by atoms with van der Waals surface area (Å²) >= 11 is 6.05. The third-order valence-electron chi connectivity index (χ3n) is 5.56. The molecule has 0 aliphatic carbocycles. The molecular weight excluding hydrogens is 488 g/mol. The van der Waals surface area contributed by atoms with Gasteiger partial charge in [0.1, 0.15) is 29.4 Å². The summed E-state index contributed by atoms with van der Waals surface area (Å²) < 4.78 is 23.1. The van der Waals surface area contributed by atoms with Crippen LogP contribution in [0.1, 0.15) is 50.5 Å². The van der Waals surface area contributed by atoms with Crippen LogP contribution >= 0.6 is 11.6 Å². The first-order valence-electron chi connectivity index (χ1n) is 11.8. The number of carbonyl (C=O) groups excluding carboxylic acids is 2. The van der Waals surface area contributed by atoms with E-state index < -0.39 is 29.7 Å². The lowest BCUT2D eigenvalue weighted by atomic mass is 10.1. The summed E-state index contributed by atoms with van der Waals surface area (Å²) in [7, 11) is 0. The van der Waals surface area contributed by atoms with Crippen molar-refractivity contribution < 1.29 is 28.5 Å². The van der Waals surface area contributed by atoms with Crippen LogP contribution < -0.4 is 15.0 Å². The molecule has 0 radical (unpaired) electrons. The number of amides is 2.